The summed E-state index contributed by atoms with van der Waals surface area (Å²) in [6, 6.07) is -1.06. The third-order valence-corrected chi connectivity index (χ3v) is 9.35. The van der Waals surface area contributed by atoms with Gasteiger partial charge in [0.2, 0.25) is 5.91 Å². The van der Waals surface area contributed by atoms with Crippen LogP contribution in [0.1, 0.15) is 232 Å². The molecule has 0 aromatic carbocycles. The molecule has 0 aromatic heterocycles. The Morgan fingerprint density at radius 1 is 0.458 bits per heavy atom. The standard InChI is InChI=1S/C36H73NO.C5H9NO4/c1-3-5-7-9-11-13-15-17-19-21-23-25-27-29-31-33-35-37-36(38)34-32-30-28-26-24-22-20-18-16-14-12-10-8-6-4-2;6-3(5(9)10)1-2-4(7)8/h3-35H2,1-2H3,(H,37,38);3H,1-2,6H2,(H,7,8)(H,9,10)/t;3-/m.0/s1. The number of aliphatic carboxylic acids is 2. The maximum Gasteiger partial charge on any atom is 0.320 e. The maximum absolute atomic E-state index is 12.0. The smallest absolute Gasteiger partial charge is 0.320 e. The largest absolute Gasteiger partial charge is 0.481 e. The molecule has 0 fully saturated rings. The lowest BCUT2D eigenvalue weighted by Crippen LogP contribution is -2.30. The van der Waals surface area contributed by atoms with E-state index in [1.54, 1.807) is 0 Å². The van der Waals surface area contributed by atoms with Crippen molar-refractivity contribution in [1.29, 1.82) is 0 Å². The summed E-state index contributed by atoms with van der Waals surface area (Å²) in [5, 5.41) is 19.4. The number of nitrogens with two attached hydrogens (primary N) is 1. The predicted octanol–water partition coefficient (Wildman–Crippen LogP) is 11.9. The van der Waals surface area contributed by atoms with Crippen LogP contribution in [0, 0.1) is 0 Å². The molecular weight excluding hydrogens is 600 g/mol. The van der Waals surface area contributed by atoms with Gasteiger partial charge < -0.3 is 21.3 Å². The fraction of sp³-hybridized carbons (Fsp3) is 0.927. The molecule has 0 aliphatic rings. The zero-order valence-electron chi connectivity index (χ0n) is 32.0. The van der Waals surface area contributed by atoms with Crippen LogP contribution in [0.25, 0.3) is 0 Å². The first-order valence-electron chi connectivity index (χ1n) is 20.8. The Kier molecular flexibility index (Phi) is 42.0. The Morgan fingerprint density at radius 2 is 0.750 bits per heavy atom. The van der Waals surface area contributed by atoms with Crippen molar-refractivity contribution in [3.63, 3.8) is 0 Å². The van der Waals surface area contributed by atoms with Crippen LogP contribution in [0.3, 0.4) is 0 Å². The molecule has 0 saturated heterocycles. The molecule has 48 heavy (non-hydrogen) atoms. The molecule has 5 N–H and O–H groups in total. The van der Waals surface area contributed by atoms with Gasteiger partial charge in [-0.1, -0.05) is 200 Å². The van der Waals surface area contributed by atoms with Crippen LogP contribution in [-0.4, -0.2) is 40.6 Å². The second-order valence-corrected chi connectivity index (χ2v) is 14.2. The topological polar surface area (TPSA) is 130 Å². The average molecular weight is 683 g/mol. The van der Waals surface area contributed by atoms with E-state index in [2.05, 4.69) is 19.2 Å². The van der Waals surface area contributed by atoms with Crippen molar-refractivity contribution < 1.29 is 24.6 Å². The minimum Gasteiger partial charge on any atom is -0.481 e. The molecule has 286 valence electrons. The number of nitrogens with one attached hydrogen (secondary N) is 1. The lowest BCUT2D eigenvalue weighted by Gasteiger charge is -2.06. The lowest BCUT2D eigenvalue weighted by molar-refractivity contribution is -0.139. The Morgan fingerprint density at radius 3 is 1.04 bits per heavy atom. The molecule has 0 aromatic rings. The summed E-state index contributed by atoms with van der Waals surface area (Å²) in [7, 11) is 0. The predicted molar refractivity (Wildman–Crippen MR) is 205 cm³/mol. The highest BCUT2D eigenvalue weighted by atomic mass is 16.4. The van der Waals surface area contributed by atoms with Gasteiger partial charge in [-0.05, 0) is 19.3 Å². The number of carbonyl (C=O) groups is 3. The fourth-order valence-electron chi connectivity index (χ4n) is 6.05. The van der Waals surface area contributed by atoms with Crippen LogP contribution in [0.4, 0.5) is 0 Å². The van der Waals surface area contributed by atoms with Crippen molar-refractivity contribution in [2.45, 2.75) is 238 Å². The van der Waals surface area contributed by atoms with Gasteiger partial charge in [0.15, 0.2) is 0 Å². The zero-order valence-corrected chi connectivity index (χ0v) is 32.0. The van der Waals surface area contributed by atoms with Gasteiger partial charge in [0.05, 0.1) is 0 Å². The van der Waals surface area contributed by atoms with Crippen LogP contribution in [0.5, 0.6) is 0 Å². The van der Waals surface area contributed by atoms with E-state index in [9.17, 15) is 14.4 Å². The van der Waals surface area contributed by atoms with E-state index in [1.807, 2.05) is 0 Å². The van der Waals surface area contributed by atoms with Gasteiger partial charge in [-0.15, -0.1) is 0 Å². The Labute approximate surface area is 297 Å². The molecule has 0 unspecified atom stereocenters. The van der Waals surface area contributed by atoms with Crippen molar-refractivity contribution in [1.82, 2.24) is 5.32 Å². The van der Waals surface area contributed by atoms with E-state index in [0.717, 1.165) is 25.8 Å². The van der Waals surface area contributed by atoms with Gasteiger partial charge in [-0.2, -0.15) is 0 Å². The van der Waals surface area contributed by atoms with Crippen LogP contribution >= 0.6 is 0 Å². The minimum absolute atomic E-state index is 0.0231. The second kappa shape index (κ2) is 41.5. The highest BCUT2D eigenvalue weighted by Crippen LogP contribution is 2.15. The number of rotatable bonds is 37. The first-order chi connectivity index (χ1) is 23.3. The van der Waals surface area contributed by atoms with Crippen LogP contribution in [0.2, 0.25) is 0 Å². The molecule has 0 aliphatic carbocycles. The Balaban J connectivity index is 0. The molecule has 0 radical (unpaired) electrons. The molecule has 0 saturated carbocycles. The molecule has 1 atom stereocenters. The molecule has 0 heterocycles. The van der Waals surface area contributed by atoms with E-state index in [-0.39, 0.29) is 18.7 Å². The SMILES string of the molecule is CCCCCCCCCCCCCCCCCCNC(=O)CCCCCCCCCCCCCCCCC.N[C@@H](CCC(=O)O)C(=O)O. The summed E-state index contributed by atoms with van der Waals surface area (Å²) in [6.45, 7) is 5.47. The van der Waals surface area contributed by atoms with Gasteiger partial charge in [-0.3, -0.25) is 14.4 Å². The third-order valence-electron chi connectivity index (χ3n) is 9.35. The zero-order chi connectivity index (χ0) is 35.8. The monoisotopic (exact) mass is 683 g/mol. The molecule has 0 spiro atoms. The van der Waals surface area contributed by atoms with Crippen LogP contribution in [-0.2, 0) is 14.4 Å². The van der Waals surface area contributed by atoms with E-state index >= 15 is 0 Å². The number of carboxylic acids is 2. The molecule has 0 bridgehead atoms. The fourth-order valence-corrected chi connectivity index (χ4v) is 6.05. The first kappa shape index (κ1) is 48.5. The molecule has 0 aliphatic heterocycles. The van der Waals surface area contributed by atoms with Gasteiger partial charge in [0.25, 0.3) is 0 Å². The maximum atomic E-state index is 12.0. The molecule has 7 nitrogen and oxygen atoms in total. The number of carbonyl (C=O) groups excluding carboxylic acids is 1. The second-order valence-electron chi connectivity index (χ2n) is 14.2. The number of amides is 1. The van der Waals surface area contributed by atoms with Crippen LogP contribution < -0.4 is 11.1 Å². The minimum atomic E-state index is -1.17. The van der Waals surface area contributed by atoms with Crippen molar-refractivity contribution in [2.24, 2.45) is 5.73 Å². The molecule has 0 rings (SSSR count). The Hall–Kier alpha value is -1.63. The van der Waals surface area contributed by atoms with Gasteiger partial charge >= 0.3 is 11.9 Å². The highest BCUT2D eigenvalue weighted by Gasteiger charge is 2.12. The number of unbranched alkanes of at least 4 members (excludes halogenated alkanes) is 29. The van der Waals surface area contributed by atoms with Crippen molar-refractivity contribution in [2.75, 3.05) is 6.54 Å². The normalized spacial score (nSPS) is 11.6. The summed E-state index contributed by atoms with van der Waals surface area (Å²) in [6.07, 6.45) is 43.5. The molecule has 1 amide bonds. The summed E-state index contributed by atoms with van der Waals surface area (Å²) in [5.41, 5.74) is 5.00. The van der Waals surface area contributed by atoms with Crippen molar-refractivity contribution in [3.05, 3.63) is 0 Å². The van der Waals surface area contributed by atoms with E-state index in [4.69, 9.17) is 15.9 Å². The van der Waals surface area contributed by atoms with E-state index < -0.39 is 18.0 Å². The summed E-state index contributed by atoms with van der Waals surface area (Å²) < 4.78 is 0. The lowest BCUT2D eigenvalue weighted by atomic mass is 10.0. The highest BCUT2D eigenvalue weighted by molar-refractivity contribution is 5.75. The third kappa shape index (κ3) is 44.4. The average Bonchev–Trinajstić information content (AvgIpc) is 3.07. The number of carboxylic acid groups (broad SMARTS) is 2. The van der Waals surface area contributed by atoms with Crippen molar-refractivity contribution >= 4 is 17.8 Å². The summed E-state index contributed by atoms with van der Waals surface area (Å²) in [5.74, 6) is -1.92. The summed E-state index contributed by atoms with van der Waals surface area (Å²) in [4.78, 5) is 31.9. The Bertz CT molecular complexity index is 688. The van der Waals surface area contributed by atoms with Gasteiger partial charge in [-0.25, -0.2) is 0 Å². The number of hydrogen-bond acceptors (Lipinski definition) is 4. The number of hydrogen-bond donors (Lipinski definition) is 4. The first-order valence-corrected chi connectivity index (χ1v) is 20.8. The van der Waals surface area contributed by atoms with E-state index in [0.29, 0.717) is 0 Å². The van der Waals surface area contributed by atoms with E-state index in [1.165, 1.54) is 186 Å². The molecule has 7 heteroatoms. The quantitative estimate of drug-likeness (QED) is 0.0482. The van der Waals surface area contributed by atoms with Gasteiger partial charge in [0, 0.05) is 19.4 Å². The summed E-state index contributed by atoms with van der Waals surface area (Å²) >= 11 is 0. The van der Waals surface area contributed by atoms with Crippen molar-refractivity contribution in [3.8, 4) is 0 Å². The van der Waals surface area contributed by atoms with Gasteiger partial charge in [0.1, 0.15) is 6.04 Å². The molecular formula is C41H82N2O5. The van der Waals surface area contributed by atoms with Crippen LogP contribution in [0.15, 0.2) is 0 Å².